The molecule has 2 rings (SSSR count). The Hall–Kier alpha value is -2.83. The molecule has 5 heteroatoms. The molecule has 0 unspecified atom stereocenters. The van der Waals surface area contributed by atoms with Crippen LogP contribution in [0.25, 0.3) is 11.1 Å². The number of nitriles is 1. The van der Waals surface area contributed by atoms with E-state index >= 15 is 0 Å². The van der Waals surface area contributed by atoms with Crippen LogP contribution in [0.5, 0.6) is 0 Å². The average molecular weight is 281 g/mol. The number of rotatable bonds is 3. The van der Waals surface area contributed by atoms with Crippen LogP contribution in [0, 0.1) is 17.1 Å². The van der Waals surface area contributed by atoms with Gasteiger partial charge in [0.05, 0.1) is 5.69 Å². The molecule has 0 bridgehead atoms. The van der Waals surface area contributed by atoms with Gasteiger partial charge >= 0.3 is 0 Å². The van der Waals surface area contributed by atoms with Crippen molar-refractivity contribution in [1.82, 2.24) is 4.98 Å². The second kappa shape index (κ2) is 6.08. The van der Waals surface area contributed by atoms with E-state index in [4.69, 9.17) is 5.26 Å². The number of aliphatic imine (C=N–C) groups is 1. The first-order valence-electron chi connectivity index (χ1n) is 6.35. The van der Waals surface area contributed by atoms with Crippen molar-refractivity contribution in [3.63, 3.8) is 0 Å². The van der Waals surface area contributed by atoms with Crippen molar-refractivity contribution in [2.45, 2.75) is 19.8 Å². The minimum absolute atomic E-state index is 0.144. The van der Waals surface area contributed by atoms with E-state index in [0.717, 1.165) is 0 Å². The third-order valence-corrected chi connectivity index (χ3v) is 3.08. The Labute approximate surface area is 121 Å². The quantitative estimate of drug-likeness (QED) is 0.634. The summed E-state index contributed by atoms with van der Waals surface area (Å²) in [4.78, 5) is 18.3. The van der Waals surface area contributed by atoms with Crippen molar-refractivity contribution in [2.75, 3.05) is 0 Å². The number of pyridine rings is 1. The lowest BCUT2D eigenvalue weighted by molar-refractivity contribution is 0.565. The molecule has 1 heterocycles. The maximum atomic E-state index is 14.0. The van der Waals surface area contributed by atoms with Crippen molar-refractivity contribution in [3.8, 4) is 17.2 Å². The predicted molar refractivity (Wildman–Crippen MR) is 76.2 cm³/mol. The molecule has 0 aliphatic heterocycles. The summed E-state index contributed by atoms with van der Waals surface area (Å²) in [6, 6.07) is 8.07. The minimum atomic E-state index is -0.419. The first-order valence-corrected chi connectivity index (χ1v) is 6.35. The molecule has 0 saturated carbocycles. The molecular formula is C16H12FN3O. The second-order valence-corrected chi connectivity index (χ2v) is 4.76. The fourth-order valence-corrected chi connectivity index (χ4v) is 2.19. The van der Waals surface area contributed by atoms with E-state index in [1.807, 2.05) is 19.9 Å². The number of nitrogens with zero attached hydrogens (tertiary/aromatic N) is 3. The Kier molecular flexibility index (Phi) is 4.22. The first-order chi connectivity index (χ1) is 10.1. The highest BCUT2D eigenvalue weighted by Gasteiger charge is 2.17. The van der Waals surface area contributed by atoms with Gasteiger partial charge in [-0.3, -0.25) is 0 Å². The summed E-state index contributed by atoms with van der Waals surface area (Å²) in [5.41, 5.74) is 2.06. The molecule has 21 heavy (non-hydrogen) atoms. The molecule has 0 aliphatic carbocycles. The first kappa shape index (κ1) is 14.6. The molecule has 0 saturated heterocycles. The summed E-state index contributed by atoms with van der Waals surface area (Å²) in [6.45, 7) is 3.64. The van der Waals surface area contributed by atoms with E-state index in [-0.39, 0.29) is 17.3 Å². The highest BCUT2D eigenvalue weighted by Crippen LogP contribution is 2.38. The van der Waals surface area contributed by atoms with Gasteiger partial charge in [-0.1, -0.05) is 13.8 Å². The third kappa shape index (κ3) is 2.86. The van der Waals surface area contributed by atoms with Gasteiger partial charge in [-0.25, -0.2) is 14.2 Å². The molecule has 0 atom stereocenters. The van der Waals surface area contributed by atoms with Crippen LogP contribution in [0.4, 0.5) is 10.1 Å². The number of isocyanates is 1. The highest BCUT2D eigenvalue weighted by molar-refractivity contribution is 5.80. The maximum Gasteiger partial charge on any atom is 0.240 e. The van der Waals surface area contributed by atoms with E-state index in [2.05, 4.69) is 9.98 Å². The van der Waals surface area contributed by atoms with Crippen LogP contribution in [0.1, 0.15) is 31.0 Å². The summed E-state index contributed by atoms with van der Waals surface area (Å²) in [5, 5.41) is 8.91. The molecule has 1 aromatic carbocycles. The lowest BCUT2D eigenvalue weighted by Crippen LogP contribution is -1.96. The number of aromatic nitrogens is 1. The summed E-state index contributed by atoms with van der Waals surface area (Å²) in [5.74, 6) is -0.563. The Morgan fingerprint density at radius 2 is 2.10 bits per heavy atom. The van der Waals surface area contributed by atoms with E-state index in [1.54, 1.807) is 12.1 Å². The molecule has 1 aromatic heterocycles. The zero-order valence-electron chi connectivity index (χ0n) is 11.6. The van der Waals surface area contributed by atoms with E-state index in [1.165, 1.54) is 24.4 Å². The maximum absolute atomic E-state index is 14.0. The number of benzene rings is 1. The molecule has 0 radical (unpaired) electrons. The van der Waals surface area contributed by atoms with Crippen molar-refractivity contribution in [1.29, 1.82) is 5.26 Å². The van der Waals surface area contributed by atoms with Crippen molar-refractivity contribution in [3.05, 3.63) is 47.5 Å². The molecule has 2 aromatic rings. The zero-order chi connectivity index (χ0) is 15.4. The molecule has 0 N–H and O–H groups in total. The van der Waals surface area contributed by atoms with Crippen LogP contribution in [0.2, 0.25) is 0 Å². The Morgan fingerprint density at radius 3 is 2.71 bits per heavy atom. The molecule has 4 nitrogen and oxygen atoms in total. The molecular weight excluding hydrogens is 269 g/mol. The molecule has 0 amide bonds. The van der Waals surface area contributed by atoms with Gasteiger partial charge in [0.15, 0.2) is 0 Å². The fourth-order valence-electron chi connectivity index (χ4n) is 2.19. The van der Waals surface area contributed by atoms with Crippen LogP contribution in [0.15, 0.2) is 35.5 Å². The van der Waals surface area contributed by atoms with Crippen LogP contribution >= 0.6 is 0 Å². The highest BCUT2D eigenvalue weighted by atomic mass is 19.1. The normalized spacial score (nSPS) is 10.0. The Balaban J connectivity index is 2.77. The summed E-state index contributed by atoms with van der Waals surface area (Å²) >= 11 is 0. The molecule has 0 fully saturated rings. The number of halogens is 1. The Morgan fingerprint density at radius 1 is 1.33 bits per heavy atom. The van der Waals surface area contributed by atoms with Gasteiger partial charge in [0, 0.05) is 17.3 Å². The van der Waals surface area contributed by atoms with Gasteiger partial charge in [-0.2, -0.15) is 10.3 Å². The smallest absolute Gasteiger partial charge is 0.240 e. The SMILES string of the molecule is CC(C)c1c(F)ccc(-c2ccnc(C#N)c2)c1N=C=O. The summed E-state index contributed by atoms with van der Waals surface area (Å²) in [6.07, 6.45) is 2.96. The van der Waals surface area contributed by atoms with Gasteiger partial charge in [-0.05, 0) is 35.7 Å². The van der Waals surface area contributed by atoms with Crippen LogP contribution in [-0.4, -0.2) is 11.1 Å². The average Bonchev–Trinajstić information content (AvgIpc) is 2.47. The standard InChI is InChI=1S/C16H12FN3O/c1-10(2)15-14(17)4-3-13(16(15)20-9-21)11-5-6-19-12(7-11)8-18/h3-7,10H,1-2H3. The number of hydrogen-bond donors (Lipinski definition) is 0. The van der Waals surface area contributed by atoms with Crippen molar-refractivity contribution >= 4 is 11.8 Å². The minimum Gasteiger partial charge on any atom is -0.246 e. The molecule has 0 aliphatic rings. The van der Waals surface area contributed by atoms with E-state index < -0.39 is 5.82 Å². The number of hydrogen-bond acceptors (Lipinski definition) is 4. The Bertz CT molecular complexity index is 772. The van der Waals surface area contributed by atoms with Gasteiger partial charge in [0.25, 0.3) is 0 Å². The van der Waals surface area contributed by atoms with Gasteiger partial charge < -0.3 is 0 Å². The predicted octanol–water partition coefficient (Wildman–Crippen LogP) is 3.85. The lowest BCUT2D eigenvalue weighted by atomic mass is 9.94. The van der Waals surface area contributed by atoms with E-state index in [9.17, 15) is 9.18 Å². The molecule has 0 spiro atoms. The monoisotopic (exact) mass is 281 g/mol. The van der Waals surface area contributed by atoms with Gasteiger partial charge in [-0.15, -0.1) is 0 Å². The van der Waals surface area contributed by atoms with Gasteiger partial charge in [0.2, 0.25) is 6.08 Å². The van der Waals surface area contributed by atoms with E-state index in [0.29, 0.717) is 16.7 Å². The zero-order valence-corrected chi connectivity index (χ0v) is 11.6. The summed E-state index contributed by atoms with van der Waals surface area (Å²) in [7, 11) is 0. The van der Waals surface area contributed by atoms with Crippen molar-refractivity contribution in [2.24, 2.45) is 4.99 Å². The number of carbonyl (C=O) groups excluding carboxylic acids is 1. The summed E-state index contributed by atoms with van der Waals surface area (Å²) < 4.78 is 14.0. The fraction of sp³-hybridized carbons (Fsp3) is 0.188. The van der Waals surface area contributed by atoms with Gasteiger partial charge in [0.1, 0.15) is 17.6 Å². The van der Waals surface area contributed by atoms with Crippen molar-refractivity contribution < 1.29 is 9.18 Å². The van der Waals surface area contributed by atoms with Crippen LogP contribution in [0.3, 0.4) is 0 Å². The second-order valence-electron chi connectivity index (χ2n) is 4.76. The van der Waals surface area contributed by atoms with Crippen LogP contribution < -0.4 is 0 Å². The largest absolute Gasteiger partial charge is 0.246 e. The molecule has 104 valence electrons. The topological polar surface area (TPSA) is 66.1 Å². The third-order valence-electron chi connectivity index (χ3n) is 3.08. The van der Waals surface area contributed by atoms with Crippen LogP contribution in [-0.2, 0) is 4.79 Å². The lowest BCUT2D eigenvalue weighted by Gasteiger charge is -2.14.